The number of ether oxygens (including phenoxy) is 1. The quantitative estimate of drug-likeness (QED) is 0.928. The van der Waals surface area contributed by atoms with Crippen molar-refractivity contribution in [3.63, 3.8) is 0 Å². The third-order valence-electron chi connectivity index (χ3n) is 3.91. The van der Waals surface area contributed by atoms with Crippen LogP contribution in [-0.2, 0) is 4.74 Å². The SMILES string of the molecule is Cc1cccc(C(=O)NC2CCN(C(=O)OCC(C)C)CC2)c1. The molecule has 23 heavy (non-hydrogen) atoms. The van der Waals surface area contributed by atoms with Crippen LogP contribution in [-0.4, -0.2) is 42.6 Å². The van der Waals surface area contributed by atoms with Crippen molar-refractivity contribution in [3.05, 3.63) is 35.4 Å². The summed E-state index contributed by atoms with van der Waals surface area (Å²) in [5, 5.41) is 3.05. The van der Waals surface area contributed by atoms with Crippen LogP contribution in [0.5, 0.6) is 0 Å². The van der Waals surface area contributed by atoms with Crippen LogP contribution in [0, 0.1) is 12.8 Å². The molecule has 0 atom stereocenters. The largest absolute Gasteiger partial charge is 0.449 e. The minimum Gasteiger partial charge on any atom is -0.449 e. The Morgan fingerprint density at radius 1 is 1.30 bits per heavy atom. The minimum atomic E-state index is -0.248. The number of hydrogen-bond donors (Lipinski definition) is 1. The van der Waals surface area contributed by atoms with Crippen LogP contribution < -0.4 is 5.32 Å². The van der Waals surface area contributed by atoms with Gasteiger partial charge < -0.3 is 15.0 Å². The summed E-state index contributed by atoms with van der Waals surface area (Å²) in [6.07, 6.45) is 1.27. The number of likely N-dealkylation sites (tertiary alicyclic amines) is 1. The van der Waals surface area contributed by atoms with E-state index in [1.54, 1.807) is 4.90 Å². The van der Waals surface area contributed by atoms with Gasteiger partial charge in [-0.05, 0) is 37.8 Å². The Balaban J connectivity index is 1.78. The highest BCUT2D eigenvalue weighted by molar-refractivity contribution is 5.94. The van der Waals surface area contributed by atoms with Crippen LogP contribution in [0.4, 0.5) is 4.79 Å². The molecule has 1 aliphatic heterocycles. The molecule has 0 unspecified atom stereocenters. The number of carbonyl (C=O) groups excluding carboxylic acids is 2. The van der Waals surface area contributed by atoms with Crippen LogP contribution in [0.2, 0.25) is 0 Å². The number of nitrogens with one attached hydrogen (secondary N) is 1. The monoisotopic (exact) mass is 318 g/mol. The lowest BCUT2D eigenvalue weighted by Gasteiger charge is -2.31. The van der Waals surface area contributed by atoms with Crippen molar-refractivity contribution >= 4 is 12.0 Å². The Labute approximate surface area is 138 Å². The fourth-order valence-electron chi connectivity index (χ4n) is 2.59. The smallest absolute Gasteiger partial charge is 0.409 e. The first-order valence-corrected chi connectivity index (χ1v) is 8.25. The summed E-state index contributed by atoms with van der Waals surface area (Å²) in [7, 11) is 0. The van der Waals surface area contributed by atoms with E-state index in [0.29, 0.717) is 31.2 Å². The van der Waals surface area contributed by atoms with Crippen molar-refractivity contribution in [1.29, 1.82) is 0 Å². The summed E-state index contributed by atoms with van der Waals surface area (Å²) < 4.78 is 5.24. The van der Waals surface area contributed by atoms with Gasteiger partial charge in [-0.1, -0.05) is 31.5 Å². The van der Waals surface area contributed by atoms with Gasteiger partial charge in [-0.2, -0.15) is 0 Å². The Bertz CT molecular complexity index is 549. The molecule has 2 rings (SSSR count). The fraction of sp³-hybridized carbons (Fsp3) is 0.556. The van der Waals surface area contributed by atoms with Crippen LogP contribution in [0.15, 0.2) is 24.3 Å². The van der Waals surface area contributed by atoms with Gasteiger partial charge in [0.25, 0.3) is 5.91 Å². The molecule has 0 aliphatic carbocycles. The van der Waals surface area contributed by atoms with Gasteiger partial charge in [0, 0.05) is 24.7 Å². The Morgan fingerprint density at radius 2 is 2.00 bits per heavy atom. The number of piperidine rings is 1. The molecular weight excluding hydrogens is 292 g/mol. The molecule has 1 aromatic carbocycles. The van der Waals surface area contributed by atoms with Gasteiger partial charge in [0.15, 0.2) is 0 Å². The first-order valence-electron chi connectivity index (χ1n) is 8.25. The molecule has 0 bridgehead atoms. The molecule has 1 N–H and O–H groups in total. The van der Waals surface area contributed by atoms with Crippen molar-refractivity contribution in [2.45, 2.75) is 39.7 Å². The standard InChI is InChI=1S/C18H26N2O3/c1-13(2)12-23-18(22)20-9-7-16(8-10-20)19-17(21)15-6-4-5-14(3)11-15/h4-6,11,13,16H,7-10,12H2,1-3H3,(H,19,21). The molecule has 1 heterocycles. The first-order chi connectivity index (χ1) is 11.0. The zero-order valence-corrected chi connectivity index (χ0v) is 14.2. The zero-order chi connectivity index (χ0) is 16.8. The van der Waals surface area contributed by atoms with E-state index >= 15 is 0 Å². The van der Waals surface area contributed by atoms with E-state index in [1.165, 1.54) is 0 Å². The molecule has 5 nitrogen and oxygen atoms in total. The fourth-order valence-corrected chi connectivity index (χ4v) is 2.59. The molecular formula is C18H26N2O3. The van der Waals surface area contributed by atoms with Gasteiger partial charge in [0.2, 0.25) is 0 Å². The number of hydrogen-bond acceptors (Lipinski definition) is 3. The highest BCUT2D eigenvalue weighted by Crippen LogP contribution is 2.13. The van der Waals surface area contributed by atoms with Gasteiger partial charge in [0.1, 0.15) is 0 Å². The molecule has 0 aromatic heterocycles. The third kappa shape index (κ3) is 5.27. The summed E-state index contributed by atoms with van der Waals surface area (Å²) in [4.78, 5) is 25.9. The average molecular weight is 318 g/mol. The first kappa shape index (κ1) is 17.3. The number of rotatable bonds is 4. The maximum absolute atomic E-state index is 12.2. The second-order valence-electron chi connectivity index (χ2n) is 6.58. The van der Waals surface area contributed by atoms with Gasteiger partial charge in [-0.15, -0.1) is 0 Å². The number of amides is 2. The van der Waals surface area contributed by atoms with Crippen molar-refractivity contribution < 1.29 is 14.3 Å². The molecule has 1 saturated heterocycles. The average Bonchev–Trinajstić information content (AvgIpc) is 2.53. The van der Waals surface area contributed by atoms with E-state index < -0.39 is 0 Å². The summed E-state index contributed by atoms with van der Waals surface area (Å²) in [5.74, 6) is 0.291. The summed E-state index contributed by atoms with van der Waals surface area (Å²) in [6, 6.07) is 7.67. The maximum atomic E-state index is 12.2. The predicted molar refractivity (Wildman–Crippen MR) is 89.4 cm³/mol. The molecule has 1 fully saturated rings. The minimum absolute atomic E-state index is 0.0467. The van der Waals surface area contributed by atoms with Crippen molar-refractivity contribution in [1.82, 2.24) is 10.2 Å². The Hall–Kier alpha value is -2.04. The summed E-state index contributed by atoms with van der Waals surface area (Å²) in [5.41, 5.74) is 1.75. The second-order valence-corrected chi connectivity index (χ2v) is 6.58. The van der Waals surface area contributed by atoms with Crippen molar-refractivity contribution in [2.24, 2.45) is 5.92 Å². The third-order valence-corrected chi connectivity index (χ3v) is 3.91. The van der Waals surface area contributed by atoms with Crippen LogP contribution in [0.3, 0.4) is 0 Å². The molecule has 1 aliphatic rings. The van der Waals surface area contributed by atoms with Crippen LogP contribution in [0.25, 0.3) is 0 Å². The van der Waals surface area contributed by atoms with Crippen molar-refractivity contribution in [3.8, 4) is 0 Å². The number of nitrogens with zero attached hydrogens (tertiary/aromatic N) is 1. The highest BCUT2D eigenvalue weighted by atomic mass is 16.6. The van der Waals surface area contributed by atoms with E-state index in [1.807, 2.05) is 45.0 Å². The second kappa shape index (κ2) is 7.99. The molecule has 126 valence electrons. The van der Waals surface area contributed by atoms with Crippen LogP contribution in [0.1, 0.15) is 42.6 Å². The van der Waals surface area contributed by atoms with Gasteiger partial charge in [0.05, 0.1) is 6.61 Å². The van der Waals surface area contributed by atoms with Gasteiger partial charge in [-0.25, -0.2) is 4.79 Å². The lowest BCUT2D eigenvalue weighted by atomic mass is 10.0. The lowest BCUT2D eigenvalue weighted by Crippen LogP contribution is -2.46. The number of carbonyl (C=O) groups is 2. The van der Waals surface area contributed by atoms with E-state index in [0.717, 1.165) is 18.4 Å². The zero-order valence-electron chi connectivity index (χ0n) is 14.2. The molecule has 1 aromatic rings. The summed E-state index contributed by atoms with van der Waals surface area (Å²) >= 11 is 0. The summed E-state index contributed by atoms with van der Waals surface area (Å²) in [6.45, 7) is 7.69. The molecule has 5 heteroatoms. The van der Waals surface area contributed by atoms with E-state index in [4.69, 9.17) is 4.74 Å². The van der Waals surface area contributed by atoms with Gasteiger partial charge >= 0.3 is 6.09 Å². The van der Waals surface area contributed by atoms with E-state index in [-0.39, 0.29) is 18.0 Å². The molecule has 2 amide bonds. The number of benzene rings is 1. The Kier molecular flexibility index (Phi) is 6.02. The molecule has 0 saturated carbocycles. The lowest BCUT2D eigenvalue weighted by molar-refractivity contribution is 0.0785. The molecule has 0 spiro atoms. The highest BCUT2D eigenvalue weighted by Gasteiger charge is 2.25. The van der Waals surface area contributed by atoms with Crippen LogP contribution >= 0.6 is 0 Å². The molecule has 0 radical (unpaired) electrons. The predicted octanol–water partition coefficient (Wildman–Crippen LogP) is 2.98. The van der Waals surface area contributed by atoms with Crippen molar-refractivity contribution in [2.75, 3.05) is 19.7 Å². The Morgan fingerprint density at radius 3 is 2.61 bits per heavy atom. The maximum Gasteiger partial charge on any atom is 0.409 e. The van der Waals surface area contributed by atoms with E-state index in [2.05, 4.69) is 5.32 Å². The normalized spacial score (nSPS) is 15.6. The van der Waals surface area contributed by atoms with Gasteiger partial charge in [-0.3, -0.25) is 4.79 Å². The topological polar surface area (TPSA) is 58.6 Å². The van der Waals surface area contributed by atoms with E-state index in [9.17, 15) is 9.59 Å². The number of aryl methyl sites for hydroxylation is 1.